The summed E-state index contributed by atoms with van der Waals surface area (Å²) in [6.07, 6.45) is 1.54. The summed E-state index contributed by atoms with van der Waals surface area (Å²) in [5.74, 6) is -0.292. The molecule has 1 N–H and O–H groups in total. The van der Waals surface area contributed by atoms with Gasteiger partial charge in [0, 0.05) is 6.42 Å². The Labute approximate surface area is 131 Å². The summed E-state index contributed by atoms with van der Waals surface area (Å²) in [6.45, 7) is 4.09. The number of hydrogen-bond donors (Lipinski definition) is 1. The second kappa shape index (κ2) is 7.74. The Morgan fingerprint density at radius 3 is 2.50 bits per heavy atom. The molecule has 0 heterocycles. The van der Waals surface area contributed by atoms with E-state index < -0.39 is 0 Å². The van der Waals surface area contributed by atoms with Gasteiger partial charge in [0.15, 0.2) is 0 Å². The first kappa shape index (κ1) is 16.2. The van der Waals surface area contributed by atoms with Gasteiger partial charge in [0.05, 0.1) is 6.04 Å². The molecule has 2 aromatic carbocycles. The third-order valence-electron chi connectivity index (χ3n) is 3.89. The van der Waals surface area contributed by atoms with Crippen molar-refractivity contribution in [2.75, 3.05) is 0 Å². The van der Waals surface area contributed by atoms with Gasteiger partial charge in [0.2, 0.25) is 5.91 Å². The Balaban J connectivity index is 1.96. The maximum Gasteiger partial charge on any atom is 0.220 e. The highest BCUT2D eigenvalue weighted by Crippen LogP contribution is 2.20. The monoisotopic (exact) mass is 299 g/mol. The fourth-order valence-electron chi connectivity index (χ4n) is 2.59. The molecule has 1 amide bonds. The van der Waals surface area contributed by atoms with Gasteiger partial charge < -0.3 is 5.32 Å². The van der Waals surface area contributed by atoms with Crippen LogP contribution in [0.2, 0.25) is 0 Å². The standard InChI is InChI=1S/C19H22FNO/c1-3-18(16-10-6-4-8-14(16)2)21-19(22)13-12-15-9-5-7-11-17(15)20/h4-11,18H,3,12-13H2,1-2H3,(H,21,22)/t18-/m0/s1. The number of halogens is 1. The molecule has 1 atom stereocenters. The molecule has 2 rings (SSSR count). The van der Waals surface area contributed by atoms with Crippen molar-refractivity contribution >= 4 is 5.91 Å². The molecular formula is C19H22FNO. The largest absolute Gasteiger partial charge is 0.349 e. The predicted octanol–water partition coefficient (Wildman–Crippen LogP) is 4.33. The predicted molar refractivity (Wildman–Crippen MR) is 87.1 cm³/mol. The smallest absolute Gasteiger partial charge is 0.220 e. The normalized spacial score (nSPS) is 12.0. The lowest BCUT2D eigenvalue weighted by Crippen LogP contribution is -2.28. The average Bonchev–Trinajstić information content (AvgIpc) is 2.52. The van der Waals surface area contributed by atoms with Gasteiger partial charge in [-0.3, -0.25) is 4.79 Å². The first-order valence-corrected chi connectivity index (χ1v) is 7.70. The van der Waals surface area contributed by atoms with Crippen LogP contribution in [0.4, 0.5) is 4.39 Å². The number of amides is 1. The van der Waals surface area contributed by atoms with Crippen LogP contribution in [-0.2, 0) is 11.2 Å². The van der Waals surface area contributed by atoms with Crippen LogP contribution < -0.4 is 5.32 Å². The number of rotatable bonds is 6. The van der Waals surface area contributed by atoms with Gasteiger partial charge in [-0.15, -0.1) is 0 Å². The van der Waals surface area contributed by atoms with E-state index in [0.29, 0.717) is 18.4 Å². The summed E-state index contributed by atoms with van der Waals surface area (Å²) in [5.41, 5.74) is 2.90. The zero-order valence-electron chi connectivity index (χ0n) is 13.1. The molecule has 22 heavy (non-hydrogen) atoms. The van der Waals surface area contributed by atoms with Crippen LogP contribution in [0.15, 0.2) is 48.5 Å². The SMILES string of the molecule is CC[C@H](NC(=O)CCc1ccccc1F)c1ccccc1C. The minimum absolute atomic E-state index is 0.00863. The van der Waals surface area contributed by atoms with Gasteiger partial charge in [-0.05, 0) is 42.5 Å². The summed E-state index contributed by atoms with van der Waals surface area (Å²) in [7, 11) is 0. The van der Waals surface area contributed by atoms with Crippen LogP contribution in [-0.4, -0.2) is 5.91 Å². The highest BCUT2D eigenvalue weighted by atomic mass is 19.1. The molecule has 3 heteroatoms. The van der Waals surface area contributed by atoms with Crippen molar-refractivity contribution in [3.05, 3.63) is 71.0 Å². The van der Waals surface area contributed by atoms with Crippen LogP contribution in [0.5, 0.6) is 0 Å². The molecule has 0 radical (unpaired) electrons. The van der Waals surface area contributed by atoms with E-state index in [1.165, 1.54) is 11.6 Å². The summed E-state index contributed by atoms with van der Waals surface area (Å²) in [6, 6.07) is 14.7. The van der Waals surface area contributed by atoms with Gasteiger partial charge in [-0.2, -0.15) is 0 Å². The maximum atomic E-state index is 13.6. The molecule has 0 saturated carbocycles. The number of carbonyl (C=O) groups is 1. The van der Waals surface area contributed by atoms with E-state index in [1.807, 2.05) is 38.1 Å². The lowest BCUT2D eigenvalue weighted by atomic mass is 9.99. The Hall–Kier alpha value is -2.16. The zero-order chi connectivity index (χ0) is 15.9. The van der Waals surface area contributed by atoms with Crippen molar-refractivity contribution in [3.63, 3.8) is 0 Å². The van der Waals surface area contributed by atoms with Gasteiger partial charge in [0.25, 0.3) is 0 Å². The molecule has 0 saturated heterocycles. The summed E-state index contributed by atoms with van der Waals surface area (Å²) >= 11 is 0. The van der Waals surface area contributed by atoms with E-state index in [2.05, 4.69) is 5.32 Å². The second-order valence-corrected chi connectivity index (χ2v) is 5.48. The molecule has 0 aliphatic rings. The van der Waals surface area contributed by atoms with Crippen molar-refractivity contribution in [1.82, 2.24) is 5.32 Å². The van der Waals surface area contributed by atoms with Crippen molar-refractivity contribution in [1.29, 1.82) is 0 Å². The van der Waals surface area contributed by atoms with Gasteiger partial charge in [-0.1, -0.05) is 49.4 Å². The molecule has 2 nitrogen and oxygen atoms in total. The molecule has 116 valence electrons. The van der Waals surface area contributed by atoms with Crippen molar-refractivity contribution in [3.8, 4) is 0 Å². The van der Waals surface area contributed by atoms with Gasteiger partial charge in [-0.25, -0.2) is 4.39 Å². The lowest BCUT2D eigenvalue weighted by molar-refractivity contribution is -0.121. The van der Waals surface area contributed by atoms with Gasteiger partial charge in [0.1, 0.15) is 5.82 Å². The third kappa shape index (κ3) is 4.17. The van der Waals surface area contributed by atoms with Crippen LogP contribution in [0.1, 0.15) is 42.5 Å². The van der Waals surface area contributed by atoms with Gasteiger partial charge >= 0.3 is 0 Å². The van der Waals surface area contributed by atoms with E-state index in [1.54, 1.807) is 18.2 Å². The number of aryl methyl sites for hydroxylation is 2. The molecule has 0 fully saturated rings. The van der Waals surface area contributed by atoms with Crippen LogP contribution in [0, 0.1) is 12.7 Å². The van der Waals surface area contributed by atoms with Crippen molar-refractivity contribution < 1.29 is 9.18 Å². The van der Waals surface area contributed by atoms with Crippen LogP contribution in [0.3, 0.4) is 0 Å². The fourth-order valence-corrected chi connectivity index (χ4v) is 2.59. The zero-order valence-corrected chi connectivity index (χ0v) is 13.1. The molecule has 0 aliphatic carbocycles. The Morgan fingerprint density at radius 2 is 1.82 bits per heavy atom. The molecule has 0 unspecified atom stereocenters. The quantitative estimate of drug-likeness (QED) is 0.845. The van der Waals surface area contributed by atoms with Crippen molar-refractivity contribution in [2.24, 2.45) is 0 Å². The Kier molecular flexibility index (Phi) is 5.70. The second-order valence-electron chi connectivity index (χ2n) is 5.48. The van der Waals surface area contributed by atoms with Crippen molar-refractivity contribution in [2.45, 2.75) is 39.2 Å². The minimum Gasteiger partial charge on any atom is -0.349 e. The number of hydrogen-bond acceptors (Lipinski definition) is 1. The summed E-state index contributed by atoms with van der Waals surface area (Å²) < 4.78 is 13.6. The van der Waals surface area contributed by atoms with E-state index in [4.69, 9.17) is 0 Å². The lowest BCUT2D eigenvalue weighted by Gasteiger charge is -2.19. The topological polar surface area (TPSA) is 29.1 Å². The highest BCUT2D eigenvalue weighted by molar-refractivity contribution is 5.76. The highest BCUT2D eigenvalue weighted by Gasteiger charge is 2.14. The molecular weight excluding hydrogens is 277 g/mol. The third-order valence-corrected chi connectivity index (χ3v) is 3.89. The first-order chi connectivity index (χ1) is 10.6. The fraction of sp³-hybridized carbons (Fsp3) is 0.316. The molecule has 2 aromatic rings. The first-order valence-electron chi connectivity index (χ1n) is 7.70. The number of benzene rings is 2. The molecule has 0 bridgehead atoms. The van der Waals surface area contributed by atoms with Crippen LogP contribution >= 0.6 is 0 Å². The molecule has 0 aromatic heterocycles. The Morgan fingerprint density at radius 1 is 1.14 bits per heavy atom. The number of nitrogens with one attached hydrogen (secondary N) is 1. The maximum absolute atomic E-state index is 13.6. The van der Waals surface area contributed by atoms with E-state index in [0.717, 1.165) is 12.0 Å². The molecule has 0 aliphatic heterocycles. The average molecular weight is 299 g/mol. The minimum atomic E-state index is -0.249. The van der Waals surface area contributed by atoms with E-state index >= 15 is 0 Å². The molecule has 0 spiro atoms. The summed E-state index contributed by atoms with van der Waals surface area (Å²) in [5, 5.41) is 3.05. The van der Waals surface area contributed by atoms with Crippen LogP contribution in [0.25, 0.3) is 0 Å². The summed E-state index contributed by atoms with van der Waals surface area (Å²) in [4.78, 5) is 12.1. The Bertz CT molecular complexity index is 639. The van der Waals surface area contributed by atoms with E-state index in [-0.39, 0.29) is 17.8 Å². The number of carbonyl (C=O) groups excluding carboxylic acids is 1. The van der Waals surface area contributed by atoms with E-state index in [9.17, 15) is 9.18 Å².